The minimum absolute atomic E-state index is 0.562. The van der Waals surface area contributed by atoms with E-state index in [9.17, 15) is 0 Å². The molecule has 0 aromatic heterocycles. The van der Waals surface area contributed by atoms with Gasteiger partial charge in [-0.2, -0.15) is 0 Å². The number of hydrogen-bond acceptors (Lipinski definition) is 1. The standard InChI is InChI=1S/C13H20O/c1-14-12-4-2-3-11-9-5-7-10(8-6-9)13(11)12/h5,7,9-13H,2-4,6,8H2,1H3/t9-,10+,11-,12-,13+/m0/s1. The van der Waals surface area contributed by atoms with Gasteiger partial charge >= 0.3 is 0 Å². The molecule has 0 unspecified atom stereocenters. The molecule has 4 aliphatic rings. The van der Waals surface area contributed by atoms with E-state index in [1.165, 1.54) is 32.1 Å². The highest BCUT2D eigenvalue weighted by Gasteiger charge is 2.45. The first-order chi connectivity index (χ1) is 6.90. The molecule has 14 heavy (non-hydrogen) atoms. The van der Waals surface area contributed by atoms with Crippen LogP contribution in [0.25, 0.3) is 0 Å². The molecule has 0 saturated heterocycles. The minimum atomic E-state index is 0.562. The summed E-state index contributed by atoms with van der Waals surface area (Å²) in [4.78, 5) is 0. The Morgan fingerprint density at radius 2 is 1.79 bits per heavy atom. The molecule has 2 bridgehead atoms. The fourth-order valence-corrected chi connectivity index (χ4v) is 4.12. The quantitative estimate of drug-likeness (QED) is 0.580. The van der Waals surface area contributed by atoms with Crippen molar-refractivity contribution >= 4 is 0 Å². The molecule has 0 radical (unpaired) electrons. The highest BCUT2D eigenvalue weighted by atomic mass is 16.5. The smallest absolute Gasteiger partial charge is 0.0608 e. The minimum Gasteiger partial charge on any atom is -0.381 e. The molecule has 0 aromatic carbocycles. The third kappa shape index (κ3) is 1.18. The molecule has 2 fully saturated rings. The number of hydrogen-bond donors (Lipinski definition) is 0. The molecule has 2 saturated carbocycles. The van der Waals surface area contributed by atoms with Crippen molar-refractivity contribution in [1.82, 2.24) is 0 Å². The molecule has 4 rings (SSSR count). The summed E-state index contributed by atoms with van der Waals surface area (Å²) in [6.07, 6.45) is 12.5. The summed E-state index contributed by atoms with van der Waals surface area (Å²) in [5.41, 5.74) is 0. The van der Waals surface area contributed by atoms with Gasteiger partial charge in [-0.15, -0.1) is 0 Å². The molecule has 0 aromatic rings. The zero-order chi connectivity index (χ0) is 9.54. The van der Waals surface area contributed by atoms with E-state index in [1.807, 2.05) is 7.11 Å². The third-order valence-corrected chi connectivity index (χ3v) is 4.74. The second-order valence-corrected chi connectivity index (χ2v) is 5.24. The van der Waals surface area contributed by atoms with E-state index in [1.54, 1.807) is 0 Å². The van der Waals surface area contributed by atoms with Crippen LogP contribution < -0.4 is 0 Å². The van der Waals surface area contributed by atoms with Crippen molar-refractivity contribution in [2.24, 2.45) is 23.7 Å². The fourth-order valence-electron chi connectivity index (χ4n) is 4.12. The van der Waals surface area contributed by atoms with Gasteiger partial charge in [-0.3, -0.25) is 0 Å². The maximum Gasteiger partial charge on any atom is 0.0608 e. The van der Waals surface area contributed by atoms with Crippen LogP contribution in [0, 0.1) is 23.7 Å². The van der Waals surface area contributed by atoms with Crippen molar-refractivity contribution in [1.29, 1.82) is 0 Å². The Morgan fingerprint density at radius 3 is 2.50 bits per heavy atom. The molecule has 4 aliphatic carbocycles. The van der Waals surface area contributed by atoms with E-state index in [0.29, 0.717) is 6.10 Å². The molecular weight excluding hydrogens is 172 g/mol. The van der Waals surface area contributed by atoms with Gasteiger partial charge in [-0.1, -0.05) is 18.6 Å². The molecule has 0 aliphatic heterocycles. The van der Waals surface area contributed by atoms with E-state index < -0.39 is 0 Å². The SMILES string of the molecule is CO[C@H]1CCC[C@@H]2[C@H]1[C@@H]1C=C[C@H]2CC1. The van der Waals surface area contributed by atoms with Crippen LogP contribution in [0.1, 0.15) is 32.1 Å². The maximum absolute atomic E-state index is 5.68. The molecule has 0 spiro atoms. The van der Waals surface area contributed by atoms with Crippen molar-refractivity contribution in [3.05, 3.63) is 12.2 Å². The van der Waals surface area contributed by atoms with Crippen molar-refractivity contribution in [2.45, 2.75) is 38.2 Å². The summed E-state index contributed by atoms with van der Waals surface area (Å²) in [6.45, 7) is 0. The van der Waals surface area contributed by atoms with Gasteiger partial charge in [0.1, 0.15) is 0 Å². The highest BCUT2D eigenvalue weighted by Crippen LogP contribution is 2.51. The van der Waals surface area contributed by atoms with E-state index in [4.69, 9.17) is 4.74 Å². The Labute approximate surface area is 86.5 Å². The summed E-state index contributed by atoms with van der Waals surface area (Å²) in [7, 11) is 1.90. The van der Waals surface area contributed by atoms with Crippen LogP contribution in [0.5, 0.6) is 0 Å². The monoisotopic (exact) mass is 192 g/mol. The van der Waals surface area contributed by atoms with Crippen LogP contribution >= 0.6 is 0 Å². The zero-order valence-corrected chi connectivity index (χ0v) is 8.99. The lowest BCUT2D eigenvalue weighted by Gasteiger charge is -2.50. The Hall–Kier alpha value is -0.300. The first kappa shape index (κ1) is 8.96. The van der Waals surface area contributed by atoms with Gasteiger partial charge in [0, 0.05) is 7.11 Å². The third-order valence-electron chi connectivity index (χ3n) is 4.74. The Bertz CT molecular complexity index is 246. The van der Waals surface area contributed by atoms with Gasteiger partial charge in [-0.05, 0) is 49.4 Å². The highest BCUT2D eigenvalue weighted by molar-refractivity contribution is 5.11. The topological polar surface area (TPSA) is 9.23 Å². The van der Waals surface area contributed by atoms with Crippen LogP contribution in [-0.2, 0) is 4.74 Å². The molecule has 0 amide bonds. The van der Waals surface area contributed by atoms with Crippen LogP contribution in [0.4, 0.5) is 0 Å². The predicted molar refractivity (Wildman–Crippen MR) is 57.0 cm³/mol. The van der Waals surface area contributed by atoms with Crippen molar-refractivity contribution in [2.75, 3.05) is 7.11 Å². The maximum atomic E-state index is 5.68. The molecule has 1 nitrogen and oxygen atoms in total. The van der Waals surface area contributed by atoms with E-state index >= 15 is 0 Å². The lowest BCUT2D eigenvalue weighted by Crippen LogP contribution is -2.46. The van der Waals surface area contributed by atoms with Crippen molar-refractivity contribution < 1.29 is 4.74 Å². The van der Waals surface area contributed by atoms with Crippen molar-refractivity contribution in [3.63, 3.8) is 0 Å². The first-order valence-electron chi connectivity index (χ1n) is 6.11. The normalized spacial score (nSPS) is 50.5. The van der Waals surface area contributed by atoms with Crippen LogP contribution in [0.2, 0.25) is 0 Å². The van der Waals surface area contributed by atoms with Crippen LogP contribution in [0.15, 0.2) is 12.2 Å². The molecule has 1 heteroatoms. The number of methoxy groups -OCH3 is 1. The van der Waals surface area contributed by atoms with Gasteiger partial charge in [0.05, 0.1) is 6.10 Å². The predicted octanol–water partition coefficient (Wildman–Crippen LogP) is 3.01. The number of rotatable bonds is 1. The second kappa shape index (κ2) is 3.37. The fraction of sp³-hybridized carbons (Fsp3) is 0.846. The summed E-state index contributed by atoms with van der Waals surface area (Å²) in [6, 6.07) is 0. The Morgan fingerprint density at radius 1 is 1.00 bits per heavy atom. The van der Waals surface area contributed by atoms with Crippen LogP contribution in [0.3, 0.4) is 0 Å². The zero-order valence-electron chi connectivity index (χ0n) is 8.99. The summed E-state index contributed by atoms with van der Waals surface area (Å²) >= 11 is 0. The Balaban J connectivity index is 1.88. The molecule has 0 heterocycles. The summed E-state index contributed by atoms with van der Waals surface area (Å²) < 4.78 is 5.68. The van der Waals surface area contributed by atoms with Gasteiger partial charge in [0.25, 0.3) is 0 Å². The number of ether oxygens (including phenoxy) is 1. The Kier molecular flexibility index (Phi) is 2.16. The van der Waals surface area contributed by atoms with E-state index in [-0.39, 0.29) is 0 Å². The lowest BCUT2D eigenvalue weighted by molar-refractivity contribution is -0.0574. The average molecular weight is 192 g/mol. The summed E-state index contributed by atoms with van der Waals surface area (Å²) in [5, 5.41) is 0. The summed E-state index contributed by atoms with van der Waals surface area (Å²) in [5.74, 6) is 3.55. The second-order valence-electron chi connectivity index (χ2n) is 5.24. The van der Waals surface area contributed by atoms with Crippen LogP contribution in [-0.4, -0.2) is 13.2 Å². The molecular formula is C13H20O. The first-order valence-corrected chi connectivity index (χ1v) is 6.11. The van der Waals surface area contributed by atoms with Gasteiger partial charge in [0.15, 0.2) is 0 Å². The average Bonchev–Trinajstić information content (AvgIpc) is 2.30. The number of allylic oxidation sites excluding steroid dienone is 2. The van der Waals surface area contributed by atoms with Gasteiger partial charge < -0.3 is 4.74 Å². The lowest BCUT2D eigenvalue weighted by atomic mass is 9.57. The van der Waals surface area contributed by atoms with Crippen molar-refractivity contribution in [3.8, 4) is 0 Å². The largest absolute Gasteiger partial charge is 0.381 e. The van der Waals surface area contributed by atoms with Gasteiger partial charge in [-0.25, -0.2) is 0 Å². The molecule has 0 N–H and O–H groups in total. The molecule has 5 atom stereocenters. The van der Waals surface area contributed by atoms with Gasteiger partial charge in [0.2, 0.25) is 0 Å². The number of fused-ring (bicyclic) bond motifs is 1. The van der Waals surface area contributed by atoms with E-state index in [2.05, 4.69) is 12.2 Å². The molecule has 78 valence electrons. The van der Waals surface area contributed by atoms with E-state index in [0.717, 1.165) is 23.7 Å².